The van der Waals surface area contributed by atoms with Gasteiger partial charge in [0.15, 0.2) is 5.96 Å². The minimum Gasteiger partial charge on any atom is -0.385 e. The number of aliphatic imine (C=N–C) groups is 1. The Morgan fingerprint density at radius 1 is 1.15 bits per heavy atom. The number of ether oxygens (including phenoxy) is 2. The van der Waals surface area contributed by atoms with Gasteiger partial charge in [-0.15, -0.1) is 0 Å². The van der Waals surface area contributed by atoms with E-state index in [-0.39, 0.29) is 0 Å². The van der Waals surface area contributed by atoms with Crippen molar-refractivity contribution in [3.8, 4) is 0 Å². The van der Waals surface area contributed by atoms with Crippen molar-refractivity contribution in [2.24, 2.45) is 4.99 Å². The molecule has 0 amide bonds. The van der Waals surface area contributed by atoms with Crippen LogP contribution in [0.1, 0.15) is 52.4 Å². The number of nitrogens with zero attached hydrogens (tertiary/aromatic N) is 3. The number of likely N-dealkylation sites (tertiary alicyclic amines) is 2. The third kappa shape index (κ3) is 6.71. The first-order valence-electron chi connectivity index (χ1n) is 10.5. The summed E-state index contributed by atoms with van der Waals surface area (Å²) in [7, 11) is 3.63. The van der Waals surface area contributed by atoms with E-state index in [1.165, 1.54) is 25.8 Å². The number of methoxy groups -OCH3 is 1. The number of rotatable bonds is 8. The number of piperidine rings is 2. The minimum absolute atomic E-state index is 0.384. The summed E-state index contributed by atoms with van der Waals surface area (Å²) >= 11 is 0. The van der Waals surface area contributed by atoms with Crippen LogP contribution in [0.25, 0.3) is 0 Å². The molecule has 0 bridgehead atoms. The number of nitrogens with one attached hydrogen (secondary N) is 1. The predicted octanol–water partition coefficient (Wildman–Crippen LogP) is 2.34. The van der Waals surface area contributed by atoms with E-state index in [1.54, 1.807) is 7.11 Å². The summed E-state index contributed by atoms with van der Waals surface area (Å²) in [5.41, 5.74) is 0. The Kier molecular flexibility index (Phi) is 9.72. The fourth-order valence-electron chi connectivity index (χ4n) is 4.15. The van der Waals surface area contributed by atoms with Crippen molar-refractivity contribution in [3.05, 3.63) is 0 Å². The van der Waals surface area contributed by atoms with Crippen LogP contribution in [0, 0.1) is 0 Å². The molecular formula is C20H40N4O2. The molecule has 2 aliphatic rings. The van der Waals surface area contributed by atoms with Crippen LogP contribution in [0.3, 0.4) is 0 Å². The average molecular weight is 369 g/mol. The molecule has 0 aromatic rings. The molecule has 0 aliphatic carbocycles. The molecule has 26 heavy (non-hydrogen) atoms. The smallest absolute Gasteiger partial charge is 0.193 e. The summed E-state index contributed by atoms with van der Waals surface area (Å²) in [6, 6.07) is 1.25. The highest BCUT2D eigenvalue weighted by Gasteiger charge is 2.25. The van der Waals surface area contributed by atoms with Gasteiger partial charge in [-0.1, -0.05) is 6.42 Å². The maximum atomic E-state index is 5.96. The Hall–Kier alpha value is -0.850. The van der Waals surface area contributed by atoms with Crippen molar-refractivity contribution in [1.29, 1.82) is 0 Å². The quantitative estimate of drug-likeness (QED) is 0.405. The molecule has 2 saturated heterocycles. The van der Waals surface area contributed by atoms with Gasteiger partial charge >= 0.3 is 0 Å². The molecule has 2 aliphatic heterocycles. The molecule has 152 valence electrons. The van der Waals surface area contributed by atoms with E-state index in [0.29, 0.717) is 18.2 Å². The Morgan fingerprint density at radius 2 is 1.92 bits per heavy atom. The first kappa shape index (κ1) is 21.5. The molecule has 1 N–H and O–H groups in total. The second kappa shape index (κ2) is 11.8. The topological polar surface area (TPSA) is 49.3 Å². The molecule has 0 spiro atoms. The fourth-order valence-corrected chi connectivity index (χ4v) is 4.15. The van der Waals surface area contributed by atoms with Crippen LogP contribution in [-0.2, 0) is 9.47 Å². The van der Waals surface area contributed by atoms with Gasteiger partial charge in [0.25, 0.3) is 0 Å². The van der Waals surface area contributed by atoms with Crippen LogP contribution in [0.4, 0.5) is 0 Å². The van der Waals surface area contributed by atoms with Crippen LogP contribution in [-0.4, -0.2) is 87.5 Å². The van der Waals surface area contributed by atoms with Crippen molar-refractivity contribution in [1.82, 2.24) is 15.1 Å². The molecule has 2 fully saturated rings. The van der Waals surface area contributed by atoms with E-state index in [9.17, 15) is 0 Å². The summed E-state index contributed by atoms with van der Waals surface area (Å²) in [6.45, 7) is 10.5. The number of hydrogen-bond acceptors (Lipinski definition) is 4. The van der Waals surface area contributed by atoms with E-state index in [4.69, 9.17) is 9.47 Å². The van der Waals surface area contributed by atoms with Gasteiger partial charge in [-0.05, 0) is 52.5 Å². The molecule has 2 rings (SSSR count). The summed E-state index contributed by atoms with van der Waals surface area (Å²) in [6.07, 6.45) is 7.56. The van der Waals surface area contributed by atoms with E-state index >= 15 is 0 Å². The predicted molar refractivity (Wildman–Crippen MR) is 108 cm³/mol. The lowest BCUT2D eigenvalue weighted by atomic mass is 10.0. The molecule has 2 atom stereocenters. The summed E-state index contributed by atoms with van der Waals surface area (Å²) in [5.74, 6) is 1.04. The van der Waals surface area contributed by atoms with Gasteiger partial charge in [-0.3, -0.25) is 9.89 Å². The highest BCUT2D eigenvalue weighted by atomic mass is 16.5. The van der Waals surface area contributed by atoms with E-state index in [0.717, 1.165) is 58.1 Å². The van der Waals surface area contributed by atoms with E-state index < -0.39 is 0 Å². The largest absolute Gasteiger partial charge is 0.385 e. The van der Waals surface area contributed by atoms with E-state index in [1.807, 2.05) is 7.05 Å². The standard InChI is InChI=1S/C20H40N4O2/c1-17-8-5-6-11-24(17)18(2)16-22-20(21-3)23-12-9-19(10-13-23)26-15-7-14-25-4/h17-19H,5-16H2,1-4H3,(H,21,22). The van der Waals surface area contributed by atoms with Crippen LogP contribution in [0.2, 0.25) is 0 Å². The molecule has 6 nitrogen and oxygen atoms in total. The summed E-state index contributed by atoms with van der Waals surface area (Å²) in [5, 5.41) is 3.61. The summed E-state index contributed by atoms with van der Waals surface area (Å²) < 4.78 is 11.0. The molecule has 0 saturated carbocycles. The lowest BCUT2D eigenvalue weighted by Gasteiger charge is -2.39. The Morgan fingerprint density at radius 3 is 2.58 bits per heavy atom. The van der Waals surface area contributed by atoms with Gasteiger partial charge in [0.2, 0.25) is 0 Å². The number of hydrogen-bond donors (Lipinski definition) is 1. The van der Waals surface area contributed by atoms with Crippen LogP contribution in [0.5, 0.6) is 0 Å². The van der Waals surface area contributed by atoms with Gasteiger partial charge < -0.3 is 19.7 Å². The second-order valence-electron chi connectivity index (χ2n) is 7.76. The Balaban J connectivity index is 1.69. The van der Waals surface area contributed by atoms with Gasteiger partial charge in [-0.2, -0.15) is 0 Å². The maximum Gasteiger partial charge on any atom is 0.193 e. The normalized spacial score (nSPS) is 24.7. The third-order valence-electron chi connectivity index (χ3n) is 5.78. The van der Waals surface area contributed by atoms with Crippen LogP contribution >= 0.6 is 0 Å². The van der Waals surface area contributed by atoms with Crippen molar-refractivity contribution in [2.75, 3.05) is 53.6 Å². The van der Waals surface area contributed by atoms with Crippen molar-refractivity contribution in [2.45, 2.75) is 70.6 Å². The zero-order valence-corrected chi connectivity index (χ0v) is 17.4. The van der Waals surface area contributed by atoms with Gasteiger partial charge in [0.1, 0.15) is 0 Å². The first-order chi connectivity index (χ1) is 12.7. The molecule has 0 aromatic heterocycles. The van der Waals surface area contributed by atoms with Crippen molar-refractivity contribution >= 4 is 5.96 Å². The zero-order valence-electron chi connectivity index (χ0n) is 17.4. The molecule has 2 heterocycles. The molecule has 2 unspecified atom stereocenters. The average Bonchev–Trinajstić information content (AvgIpc) is 2.67. The zero-order chi connectivity index (χ0) is 18.8. The Labute approximate surface area is 160 Å². The van der Waals surface area contributed by atoms with Crippen molar-refractivity contribution in [3.63, 3.8) is 0 Å². The first-order valence-corrected chi connectivity index (χ1v) is 10.5. The highest BCUT2D eigenvalue weighted by Crippen LogP contribution is 2.19. The third-order valence-corrected chi connectivity index (χ3v) is 5.78. The van der Waals surface area contributed by atoms with Gasteiger partial charge in [0.05, 0.1) is 6.10 Å². The second-order valence-corrected chi connectivity index (χ2v) is 7.76. The SMILES string of the molecule is CN=C(NCC(C)N1CCCCC1C)N1CCC(OCCCOC)CC1. The highest BCUT2D eigenvalue weighted by molar-refractivity contribution is 5.80. The lowest BCUT2D eigenvalue weighted by Crippen LogP contribution is -2.52. The Bertz CT molecular complexity index is 411. The lowest BCUT2D eigenvalue weighted by molar-refractivity contribution is 0.00982. The van der Waals surface area contributed by atoms with Crippen LogP contribution < -0.4 is 5.32 Å². The van der Waals surface area contributed by atoms with Gasteiger partial charge in [-0.25, -0.2) is 0 Å². The molecular weight excluding hydrogens is 328 g/mol. The molecule has 0 radical (unpaired) electrons. The molecule has 6 heteroatoms. The monoisotopic (exact) mass is 368 g/mol. The van der Waals surface area contributed by atoms with E-state index in [2.05, 4.69) is 34.0 Å². The maximum absolute atomic E-state index is 5.96. The fraction of sp³-hybridized carbons (Fsp3) is 0.950. The number of guanidine groups is 1. The molecule has 0 aromatic carbocycles. The van der Waals surface area contributed by atoms with Gasteiger partial charge in [0, 0.05) is 59.1 Å². The summed E-state index contributed by atoms with van der Waals surface area (Å²) in [4.78, 5) is 9.53. The van der Waals surface area contributed by atoms with Crippen LogP contribution in [0.15, 0.2) is 4.99 Å². The van der Waals surface area contributed by atoms with Crippen molar-refractivity contribution < 1.29 is 9.47 Å². The minimum atomic E-state index is 0.384.